The molecule has 0 atom stereocenters. The van der Waals surface area contributed by atoms with Gasteiger partial charge in [-0.25, -0.2) is 0 Å². The quantitative estimate of drug-likeness (QED) is 0.797. The summed E-state index contributed by atoms with van der Waals surface area (Å²) in [5.41, 5.74) is -0.0264. The maximum Gasteiger partial charge on any atom is 0.396 e. The second kappa shape index (κ2) is 6.54. The van der Waals surface area contributed by atoms with E-state index < -0.39 is 13.1 Å². The van der Waals surface area contributed by atoms with Gasteiger partial charge in [0.15, 0.2) is 0 Å². The molecular weight excluding hydrogens is 311 g/mol. The largest absolute Gasteiger partial charge is 0.494 e. The van der Waals surface area contributed by atoms with Crippen LogP contribution in [0, 0.1) is 0 Å². The van der Waals surface area contributed by atoms with E-state index in [-0.39, 0.29) is 5.56 Å². The third kappa shape index (κ3) is 4.25. The Morgan fingerprint density at radius 3 is 2.52 bits per heavy atom. The molecule has 0 spiro atoms. The molecule has 0 saturated heterocycles. The van der Waals surface area contributed by atoms with Gasteiger partial charge in [0.05, 0.1) is 6.61 Å². The highest BCUT2D eigenvalue weighted by molar-refractivity contribution is 7.71. The highest BCUT2D eigenvalue weighted by atomic mass is 32.1. The van der Waals surface area contributed by atoms with Gasteiger partial charge in [-0.15, -0.1) is 11.3 Å². The molecule has 7 heteroatoms. The zero-order valence-corrected chi connectivity index (χ0v) is 13.1. The van der Waals surface area contributed by atoms with Crippen molar-refractivity contribution in [3.63, 3.8) is 0 Å². The van der Waals surface area contributed by atoms with Crippen molar-refractivity contribution in [2.24, 2.45) is 0 Å². The first-order valence-electron chi connectivity index (χ1n) is 6.29. The Kier molecular flexibility index (Phi) is 4.96. The van der Waals surface area contributed by atoms with Crippen molar-refractivity contribution in [3.05, 3.63) is 51.7 Å². The van der Waals surface area contributed by atoms with Crippen LogP contribution in [-0.4, -0.2) is 21.9 Å². The van der Waals surface area contributed by atoms with Crippen LogP contribution in [0.5, 0.6) is 5.75 Å². The number of rotatable bonds is 6. The van der Waals surface area contributed by atoms with Gasteiger partial charge in [0.1, 0.15) is 5.75 Å². The molecule has 2 rings (SSSR count). The Morgan fingerprint density at radius 2 is 1.95 bits per heavy atom. The molecule has 0 amide bonds. The molecule has 0 unspecified atom stereocenters. The van der Waals surface area contributed by atoms with Crippen LogP contribution in [0.1, 0.15) is 27.7 Å². The van der Waals surface area contributed by atoms with Crippen LogP contribution in [0.4, 0.5) is 0 Å². The van der Waals surface area contributed by atoms with Crippen molar-refractivity contribution in [1.29, 1.82) is 0 Å². The molecule has 2 N–H and O–H groups in total. The lowest BCUT2D eigenvalue weighted by molar-refractivity contribution is 0.104. The lowest BCUT2D eigenvalue weighted by Gasteiger charge is -2.04. The van der Waals surface area contributed by atoms with Crippen molar-refractivity contribution in [2.45, 2.75) is 13.3 Å². The first kappa shape index (κ1) is 15.9. The fraction of sp³-hybridized carbons (Fsp3) is 0.214. The highest BCUT2D eigenvalue weighted by Gasteiger charge is 2.28. The third-order valence-corrected chi connectivity index (χ3v) is 4.50. The summed E-state index contributed by atoms with van der Waals surface area (Å²) >= 11 is 1.31. The van der Waals surface area contributed by atoms with Crippen molar-refractivity contribution in [3.8, 4) is 5.75 Å². The molecular formula is C14H15O5PS. The van der Waals surface area contributed by atoms with Crippen molar-refractivity contribution < 1.29 is 23.9 Å². The van der Waals surface area contributed by atoms with Crippen LogP contribution in [0.2, 0.25) is 0 Å². The minimum atomic E-state index is -4.71. The lowest BCUT2D eigenvalue weighted by atomic mass is 10.1. The smallest absolute Gasteiger partial charge is 0.396 e. The summed E-state index contributed by atoms with van der Waals surface area (Å²) in [5, 5.41) is 1.48. The Balaban J connectivity index is 2.09. The van der Waals surface area contributed by atoms with Gasteiger partial charge in [-0.1, -0.05) is 12.1 Å². The Bertz CT molecular complexity index is 671. The van der Waals surface area contributed by atoms with Gasteiger partial charge in [-0.2, -0.15) is 0 Å². The standard InChI is InChI=1S/C14H15O5PS/c1-2-19-12-5-3-10(4-6-12)7-13-8-11(9-21-13)14(15)20(16,17)18/h3-6,8-9H,2,7H2,1H3,(H2,16,17,18). The average molecular weight is 326 g/mol. The number of carbonyl (C=O) groups is 1. The summed E-state index contributed by atoms with van der Waals surface area (Å²) in [6.45, 7) is 2.53. The number of hydrogen-bond donors (Lipinski definition) is 2. The van der Waals surface area contributed by atoms with Crippen LogP contribution in [0.15, 0.2) is 35.7 Å². The molecule has 0 aliphatic rings. The van der Waals surface area contributed by atoms with E-state index in [0.29, 0.717) is 13.0 Å². The van der Waals surface area contributed by atoms with E-state index >= 15 is 0 Å². The monoisotopic (exact) mass is 326 g/mol. The molecule has 0 radical (unpaired) electrons. The Labute approximate surface area is 126 Å². The maximum absolute atomic E-state index is 11.5. The van der Waals surface area contributed by atoms with E-state index in [0.717, 1.165) is 16.2 Å². The maximum atomic E-state index is 11.5. The van der Waals surface area contributed by atoms with Gasteiger partial charge in [-0.3, -0.25) is 9.36 Å². The van der Waals surface area contributed by atoms with Crippen LogP contribution in [0.25, 0.3) is 0 Å². The first-order chi connectivity index (χ1) is 9.90. The molecule has 0 aliphatic carbocycles. The van der Waals surface area contributed by atoms with Crippen LogP contribution in [0.3, 0.4) is 0 Å². The molecule has 0 fully saturated rings. The molecule has 0 saturated carbocycles. The van der Waals surface area contributed by atoms with Crippen LogP contribution in [-0.2, 0) is 11.0 Å². The summed E-state index contributed by atoms with van der Waals surface area (Å²) in [6.07, 6.45) is 0.603. The fourth-order valence-corrected chi connectivity index (χ4v) is 3.28. The van der Waals surface area contributed by atoms with Gasteiger partial charge >= 0.3 is 7.60 Å². The molecule has 0 bridgehead atoms. The van der Waals surface area contributed by atoms with Crippen molar-refractivity contribution >= 4 is 24.5 Å². The lowest BCUT2D eigenvalue weighted by Crippen LogP contribution is -1.97. The molecule has 21 heavy (non-hydrogen) atoms. The van der Waals surface area contributed by atoms with E-state index in [2.05, 4.69) is 0 Å². The highest BCUT2D eigenvalue weighted by Crippen LogP contribution is 2.40. The third-order valence-electron chi connectivity index (χ3n) is 2.78. The predicted molar refractivity (Wildman–Crippen MR) is 81.1 cm³/mol. The molecule has 112 valence electrons. The minimum absolute atomic E-state index is 0.0641. The van der Waals surface area contributed by atoms with E-state index in [9.17, 15) is 9.36 Å². The fourth-order valence-electron chi connectivity index (χ4n) is 1.83. The second-order valence-corrected chi connectivity index (χ2v) is 6.89. The molecule has 0 aliphatic heterocycles. The summed E-state index contributed by atoms with van der Waals surface area (Å²) < 4.78 is 16.3. The summed E-state index contributed by atoms with van der Waals surface area (Å²) in [5.74, 6) is 0.796. The van der Waals surface area contributed by atoms with Crippen molar-refractivity contribution in [1.82, 2.24) is 0 Å². The first-order valence-corrected chi connectivity index (χ1v) is 8.79. The zero-order chi connectivity index (χ0) is 15.5. The number of carbonyl (C=O) groups excluding carboxylic acids is 1. The van der Waals surface area contributed by atoms with Crippen LogP contribution < -0.4 is 4.74 Å². The molecule has 1 aromatic carbocycles. The Morgan fingerprint density at radius 1 is 1.29 bits per heavy atom. The zero-order valence-electron chi connectivity index (χ0n) is 11.4. The average Bonchev–Trinajstić information content (AvgIpc) is 2.88. The van der Waals surface area contributed by atoms with Gasteiger partial charge in [-0.05, 0) is 30.7 Å². The topological polar surface area (TPSA) is 83.8 Å². The van der Waals surface area contributed by atoms with Gasteiger partial charge in [0.2, 0.25) is 0 Å². The SMILES string of the molecule is CCOc1ccc(Cc2cc(C(=O)P(=O)(O)O)cs2)cc1. The summed E-state index contributed by atoms with van der Waals surface area (Å²) in [6, 6.07) is 9.12. The van der Waals surface area contributed by atoms with Gasteiger partial charge < -0.3 is 14.5 Å². The van der Waals surface area contributed by atoms with Crippen LogP contribution >= 0.6 is 18.9 Å². The molecule has 5 nitrogen and oxygen atoms in total. The Hall–Kier alpha value is -1.46. The summed E-state index contributed by atoms with van der Waals surface area (Å²) in [7, 11) is -4.71. The predicted octanol–water partition coefficient (Wildman–Crippen LogP) is 3.06. The minimum Gasteiger partial charge on any atom is -0.494 e. The van der Waals surface area contributed by atoms with Gasteiger partial charge in [0, 0.05) is 22.2 Å². The van der Waals surface area contributed by atoms with E-state index in [1.807, 2.05) is 31.2 Å². The molecule has 1 heterocycles. The van der Waals surface area contributed by atoms with Gasteiger partial charge in [0.25, 0.3) is 5.52 Å². The number of benzene rings is 1. The van der Waals surface area contributed by atoms with E-state index in [1.165, 1.54) is 22.8 Å². The normalized spacial score (nSPS) is 11.4. The van der Waals surface area contributed by atoms with Crippen molar-refractivity contribution in [2.75, 3.05) is 6.61 Å². The second-order valence-electron chi connectivity index (χ2n) is 4.40. The number of ether oxygens (including phenoxy) is 1. The van der Waals surface area contributed by atoms with E-state index in [1.54, 1.807) is 0 Å². The molecule has 2 aromatic rings. The van der Waals surface area contributed by atoms with E-state index in [4.69, 9.17) is 14.5 Å². The number of thiophene rings is 1. The summed E-state index contributed by atoms with van der Waals surface area (Å²) in [4.78, 5) is 30.1. The number of hydrogen-bond acceptors (Lipinski definition) is 4. The molecule has 1 aromatic heterocycles.